The molecule has 0 saturated carbocycles. The van der Waals surface area contributed by atoms with E-state index >= 15 is 0 Å². The zero-order valence-corrected chi connectivity index (χ0v) is 13.6. The molecular weight excluding hydrogens is 256 g/mol. The third-order valence-electron chi connectivity index (χ3n) is 3.96. The summed E-state index contributed by atoms with van der Waals surface area (Å²) in [5.41, 5.74) is 2.55. The van der Waals surface area contributed by atoms with Crippen LogP contribution in [0.4, 0.5) is 5.69 Å². The molecule has 0 atom stereocenters. The summed E-state index contributed by atoms with van der Waals surface area (Å²) in [6, 6.07) is 6.16. The molecule has 0 saturated heterocycles. The number of halogens is 1. The fourth-order valence-corrected chi connectivity index (χ4v) is 2.23. The van der Waals surface area contributed by atoms with Crippen LogP contribution in [0.2, 0.25) is 5.02 Å². The second kappa shape index (κ2) is 7.16. The van der Waals surface area contributed by atoms with Gasteiger partial charge in [0.15, 0.2) is 0 Å². The minimum atomic E-state index is 0.129. The molecule has 0 aromatic heterocycles. The van der Waals surface area contributed by atoms with Crippen molar-refractivity contribution in [2.45, 2.75) is 52.6 Å². The van der Waals surface area contributed by atoms with Crippen LogP contribution in [0.3, 0.4) is 0 Å². The Morgan fingerprint density at radius 1 is 1.26 bits per heavy atom. The average Bonchev–Trinajstić information content (AvgIpc) is 2.40. The van der Waals surface area contributed by atoms with E-state index in [0.29, 0.717) is 0 Å². The maximum atomic E-state index is 6.38. The van der Waals surface area contributed by atoms with Gasteiger partial charge in [-0.1, -0.05) is 31.5 Å². The molecule has 0 bridgehead atoms. The number of hydrogen-bond acceptors (Lipinski definition) is 2. The third kappa shape index (κ3) is 4.12. The molecule has 108 valence electrons. The highest BCUT2D eigenvalue weighted by Gasteiger charge is 2.23. The second-order valence-electron chi connectivity index (χ2n) is 5.64. The number of hydrogen-bond donors (Lipinski definition) is 1. The highest BCUT2D eigenvalue weighted by molar-refractivity contribution is 6.31. The van der Waals surface area contributed by atoms with E-state index in [-0.39, 0.29) is 5.54 Å². The molecule has 0 unspecified atom stereocenters. The lowest BCUT2D eigenvalue weighted by Gasteiger charge is -2.38. The molecule has 0 aliphatic rings. The predicted molar refractivity (Wildman–Crippen MR) is 86.2 cm³/mol. The summed E-state index contributed by atoms with van der Waals surface area (Å²) in [7, 11) is 2.15. The van der Waals surface area contributed by atoms with E-state index in [0.717, 1.165) is 31.0 Å². The number of nitrogens with zero attached hydrogens (tertiary/aromatic N) is 1. The topological polar surface area (TPSA) is 15.3 Å². The number of anilines is 1. The van der Waals surface area contributed by atoms with Crippen LogP contribution in [0.25, 0.3) is 0 Å². The molecule has 0 aliphatic carbocycles. The van der Waals surface area contributed by atoms with Gasteiger partial charge in [-0.3, -0.25) is 0 Å². The lowest BCUT2D eigenvalue weighted by atomic mass is 9.98. The Labute approximate surface area is 123 Å². The first-order chi connectivity index (χ1) is 8.94. The Morgan fingerprint density at radius 3 is 2.53 bits per heavy atom. The van der Waals surface area contributed by atoms with Crippen molar-refractivity contribution in [3.63, 3.8) is 0 Å². The van der Waals surface area contributed by atoms with Gasteiger partial charge in [0.2, 0.25) is 0 Å². The summed E-state index contributed by atoms with van der Waals surface area (Å²) in [4.78, 5) is 2.34. The molecule has 1 aromatic rings. The quantitative estimate of drug-likeness (QED) is 0.743. The van der Waals surface area contributed by atoms with E-state index in [9.17, 15) is 0 Å². The third-order valence-corrected chi connectivity index (χ3v) is 4.31. The van der Waals surface area contributed by atoms with Crippen LogP contribution in [-0.4, -0.2) is 19.1 Å². The predicted octanol–water partition coefficient (Wildman–Crippen LogP) is 4.46. The summed E-state index contributed by atoms with van der Waals surface area (Å²) in [6.07, 6.45) is 2.23. The summed E-state index contributed by atoms with van der Waals surface area (Å²) >= 11 is 6.38. The first-order valence-electron chi connectivity index (χ1n) is 7.16. The Kier molecular flexibility index (Phi) is 6.15. The zero-order valence-electron chi connectivity index (χ0n) is 12.9. The van der Waals surface area contributed by atoms with Crippen LogP contribution in [0.15, 0.2) is 18.2 Å². The van der Waals surface area contributed by atoms with Crippen molar-refractivity contribution in [2.75, 3.05) is 18.5 Å². The highest BCUT2D eigenvalue weighted by atomic mass is 35.5. The van der Waals surface area contributed by atoms with Crippen LogP contribution in [-0.2, 0) is 6.54 Å². The van der Waals surface area contributed by atoms with Gasteiger partial charge in [-0.2, -0.15) is 0 Å². The summed E-state index contributed by atoms with van der Waals surface area (Å²) in [6.45, 7) is 10.8. The molecule has 1 rings (SSSR count). The zero-order chi connectivity index (χ0) is 14.5. The van der Waals surface area contributed by atoms with Crippen LogP contribution >= 0.6 is 11.6 Å². The van der Waals surface area contributed by atoms with E-state index in [1.807, 2.05) is 12.1 Å². The normalized spacial score (nSPS) is 11.7. The van der Waals surface area contributed by atoms with Crippen molar-refractivity contribution in [1.82, 2.24) is 5.32 Å². The summed E-state index contributed by atoms with van der Waals surface area (Å²) < 4.78 is 0. The van der Waals surface area contributed by atoms with Crippen molar-refractivity contribution in [1.29, 1.82) is 0 Å². The lowest BCUT2D eigenvalue weighted by Crippen LogP contribution is -2.41. The first kappa shape index (κ1) is 16.3. The fourth-order valence-electron chi connectivity index (χ4n) is 1.99. The minimum absolute atomic E-state index is 0.129. The molecule has 0 spiro atoms. The largest absolute Gasteiger partial charge is 0.369 e. The Bertz CT molecular complexity index is 402. The van der Waals surface area contributed by atoms with Gasteiger partial charge in [-0.25, -0.2) is 0 Å². The molecule has 2 nitrogen and oxygen atoms in total. The average molecular weight is 283 g/mol. The number of rotatable bonds is 7. The van der Waals surface area contributed by atoms with Gasteiger partial charge in [0, 0.05) is 35.4 Å². The van der Waals surface area contributed by atoms with Crippen LogP contribution < -0.4 is 10.2 Å². The van der Waals surface area contributed by atoms with Crippen LogP contribution in [0, 0.1) is 0 Å². The maximum Gasteiger partial charge on any atom is 0.0471 e. The van der Waals surface area contributed by atoms with Crippen molar-refractivity contribution in [2.24, 2.45) is 0 Å². The lowest BCUT2D eigenvalue weighted by molar-refractivity contribution is 0.469. The van der Waals surface area contributed by atoms with Gasteiger partial charge in [-0.15, -0.1) is 0 Å². The minimum Gasteiger partial charge on any atom is -0.369 e. The molecule has 1 aromatic carbocycles. The van der Waals surface area contributed by atoms with Crippen molar-refractivity contribution in [3.8, 4) is 0 Å². The van der Waals surface area contributed by atoms with E-state index in [1.165, 1.54) is 11.3 Å². The molecule has 0 fully saturated rings. The Morgan fingerprint density at radius 2 is 1.95 bits per heavy atom. The Hall–Kier alpha value is -0.730. The van der Waals surface area contributed by atoms with E-state index in [4.69, 9.17) is 11.6 Å². The maximum absolute atomic E-state index is 6.38. The molecule has 1 N–H and O–H groups in total. The Balaban J connectivity index is 3.02. The first-order valence-corrected chi connectivity index (χ1v) is 7.53. The van der Waals surface area contributed by atoms with Gasteiger partial charge < -0.3 is 10.2 Å². The van der Waals surface area contributed by atoms with Crippen LogP contribution in [0.5, 0.6) is 0 Å². The van der Waals surface area contributed by atoms with Gasteiger partial charge in [0.05, 0.1) is 0 Å². The van der Waals surface area contributed by atoms with Gasteiger partial charge in [0.25, 0.3) is 0 Å². The standard InChI is InChI=1S/C16H27ClN2/c1-6-11-18-12-13-14(17)9-8-10-15(13)19(5)16(3,4)7-2/h8-10,18H,6-7,11-12H2,1-5H3. The molecule has 0 radical (unpaired) electrons. The summed E-state index contributed by atoms with van der Waals surface area (Å²) in [5, 5.41) is 4.29. The number of nitrogens with one attached hydrogen (secondary N) is 1. The monoisotopic (exact) mass is 282 g/mol. The molecule has 0 heterocycles. The van der Waals surface area contributed by atoms with E-state index in [1.54, 1.807) is 0 Å². The highest BCUT2D eigenvalue weighted by Crippen LogP contribution is 2.32. The van der Waals surface area contributed by atoms with Crippen molar-refractivity contribution >= 4 is 17.3 Å². The van der Waals surface area contributed by atoms with Crippen LogP contribution in [0.1, 0.15) is 46.1 Å². The van der Waals surface area contributed by atoms with Gasteiger partial charge in [0.1, 0.15) is 0 Å². The van der Waals surface area contributed by atoms with Crippen molar-refractivity contribution < 1.29 is 0 Å². The molecule has 0 amide bonds. The molecule has 0 aliphatic heterocycles. The van der Waals surface area contributed by atoms with E-state index < -0.39 is 0 Å². The summed E-state index contributed by atoms with van der Waals surface area (Å²) in [5.74, 6) is 0. The molecular formula is C16H27ClN2. The molecule has 19 heavy (non-hydrogen) atoms. The number of benzene rings is 1. The van der Waals surface area contributed by atoms with Gasteiger partial charge >= 0.3 is 0 Å². The van der Waals surface area contributed by atoms with Crippen molar-refractivity contribution in [3.05, 3.63) is 28.8 Å². The second-order valence-corrected chi connectivity index (χ2v) is 6.05. The smallest absolute Gasteiger partial charge is 0.0471 e. The fraction of sp³-hybridized carbons (Fsp3) is 0.625. The SMILES string of the molecule is CCCNCc1c(Cl)cccc1N(C)C(C)(C)CC. The molecule has 3 heteroatoms. The van der Waals surface area contributed by atoms with E-state index in [2.05, 4.69) is 51.0 Å². The van der Waals surface area contributed by atoms with Gasteiger partial charge in [-0.05, 0) is 45.4 Å².